The number of ether oxygens (including phenoxy) is 1. The standard InChI is InChI=1S/C18H24F3N3O/c1-22-16(24-15-5-6-15)23-12-17(7-9-25-10-8-17)13-3-2-4-14(11-13)18(19,20)21/h2-4,11,15H,5-10,12H2,1H3,(H2,22,23,24). The first-order valence-electron chi connectivity index (χ1n) is 8.66. The van der Waals surface area contributed by atoms with Crippen molar-refractivity contribution < 1.29 is 17.9 Å². The van der Waals surface area contributed by atoms with Crippen LogP contribution in [0, 0.1) is 0 Å². The maximum absolute atomic E-state index is 13.1. The predicted octanol–water partition coefficient (Wildman–Crippen LogP) is 3.08. The third-order valence-electron chi connectivity index (χ3n) is 4.99. The van der Waals surface area contributed by atoms with Crippen LogP contribution in [0.15, 0.2) is 29.3 Å². The van der Waals surface area contributed by atoms with Gasteiger partial charge in [0.05, 0.1) is 5.56 Å². The number of aliphatic imine (C=N–C) groups is 1. The number of hydrogen-bond donors (Lipinski definition) is 2. The van der Waals surface area contributed by atoms with Gasteiger partial charge in [-0.2, -0.15) is 13.2 Å². The lowest BCUT2D eigenvalue weighted by Gasteiger charge is -2.38. The second-order valence-corrected chi connectivity index (χ2v) is 6.82. The lowest BCUT2D eigenvalue weighted by molar-refractivity contribution is -0.137. The molecule has 1 aliphatic carbocycles. The van der Waals surface area contributed by atoms with Gasteiger partial charge in [0.2, 0.25) is 0 Å². The second-order valence-electron chi connectivity index (χ2n) is 6.82. The molecular weight excluding hydrogens is 331 g/mol. The molecule has 1 saturated heterocycles. The summed E-state index contributed by atoms with van der Waals surface area (Å²) in [6.45, 7) is 1.63. The van der Waals surface area contributed by atoms with Crippen LogP contribution >= 0.6 is 0 Å². The molecule has 25 heavy (non-hydrogen) atoms. The Morgan fingerprint density at radius 2 is 2.00 bits per heavy atom. The molecule has 1 aromatic rings. The van der Waals surface area contributed by atoms with Gasteiger partial charge in [0, 0.05) is 38.3 Å². The van der Waals surface area contributed by atoms with Crippen LogP contribution < -0.4 is 10.6 Å². The van der Waals surface area contributed by atoms with Gasteiger partial charge in [-0.3, -0.25) is 4.99 Å². The largest absolute Gasteiger partial charge is 0.416 e. The molecule has 2 aliphatic rings. The zero-order valence-electron chi connectivity index (χ0n) is 14.3. The van der Waals surface area contributed by atoms with Gasteiger partial charge in [-0.25, -0.2) is 0 Å². The topological polar surface area (TPSA) is 45.7 Å². The van der Waals surface area contributed by atoms with Crippen molar-refractivity contribution in [3.05, 3.63) is 35.4 Å². The van der Waals surface area contributed by atoms with Crippen LogP contribution in [0.4, 0.5) is 13.2 Å². The Morgan fingerprint density at radius 3 is 2.60 bits per heavy atom. The zero-order valence-corrected chi connectivity index (χ0v) is 14.3. The lowest BCUT2D eigenvalue weighted by Crippen LogP contribution is -2.48. The summed E-state index contributed by atoms with van der Waals surface area (Å²) in [6, 6.07) is 6.15. The van der Waals surface area contributed by atoms with Crippen LogP contribution in [-0.2, 0) is 16.3 Å². The van der Waals surface area contributed by atoms with E-state index in [1.54, 1.807) is 13.1 Å². The minimum absolute atomic E-state index is 0.388. The normalized spacial score (nSPS) is 21.0. The minimum atomic E-state index is -4.33. The molecule has 0 unspecified atom stereocenters. The molecule has 138 valence electrons. The minimum Gasteiger partial charge on any atom is -0.381 e. The van der Waals surface area contributed by atoms with E-state index in [4.69, 9.17) is 4.74 Å². The predicted molar refractivity (Wildman–Crippen MR) is 90.7 cm³/mol. The van der Waals surface area contributed by atoms with E-state index in [0.29, 0.717) is 50.2 Å². The molecule has 3 rings (SSSR count). The third-order valence-corrected chi connectivity index (χ3v) is 4.99. The van der Waals surface area contributed by atoms with Gasteiger partial charge in [0.1, 0.15) is 0 Å². The number of benzene rings is 1. The van der Waals surface area contributed by atoms with Gasteiger partial charge in [0.15, 0.2) is 5.96 Å². The molecule has 1 heterocycles. The van der Waals surface area contributed by atoms with E-state index >= 15 is 0 Å². The van der Waals surface area contributed by atoms with Crippen LogP contribution in [-0.4, -0.2) is 38.8 Å². The van der Waals surface area contributed by atoms with Gasteiger partial charge < -0.3 is 15.4 Å². The summed E-state index contributed by atoms with van der Waals surface area (Å²) in [6.07, 6.45) is -0.705. The Balaban J connectivity index is 1.80. The maximum atomic E-state index is 13.1. The van der Waals surface area contributed by atoms with E-state index in [2.05, 4.69) is 15.6 Å². The molecule has 0 radical (unpaired) electrons. The van der Waals surface area contributed by atoms with Crippen molar-refractivity contribution in [1.82, 2.24) is 10.6 Å². The first-order valence-corrected chi connectivity index (χ1v) is 8.66. The molecule has 0 amide bonds. The summed E-state index contributed by atoms with van der Waals surface area (Å²) in [5.74, 6) is 0.709. The van der Waals surface area contributed by atoms with Crippen LogP contribution in [0.1, 0.15) is 36.8 Å². The average Bonchev–Trinajstić information content (AvgIpc) is 3.43. The number of rotatable bonds is 4. The molecule has 1 aliphatic heterocycles. The van der Waals surface area contributed by atoms with E-state index in [1.165, 1.54) is 12.1 Å². The highest BCUT2D eigenvalue weighted by atomic mass is 19.4. The first kappa shape index (κ1) is 18.0. The highest BCUT2D eigenvalue weighted by Crippen LogP contribution is 2.37. The molecule has 7 heteroatoms. The van der Waals surface area contributed by atoms with E-state index in [-0.39, 0.29) is 5.41 Å². The second kappa shape index (κ2) is 7.23. The van der Waals surface area contributed by atoms with Crippen LogP contribution in [0.2, 0.25) is 0 Å². The number of alkyl halides is 3. The SMILES string of the molecule is CN=C(NCC1(c2cccc(C(F)(F)F)c2)CCOCC1)NC1CC1. The summed E-state index contributed by atoms with van der Waals surface area (Å²) in [7, 11) is 1.71. The van der Waals surface area contributed by atoms with Crippen molar-refractivity contribution in [2.24, 2.45) is 4.99 Å². The highest BCUT2D eigenvalue weighted by Gasteiger charge is 2.37. The van der Waals surface area contributed by atoms with Crippen molar-refractivity contribution in [2.75, 3.05) is 26.8 Å². The molecule has 1 aromatic carbocycles. The van der Waals surface area contributed by atoms with Crippen LogP contribution in [0.5, 0.6) is 0 Å². The molecule has 0 atom stereocenters. The summed E-state index contributed by atoms with van der Waals surface area (Å²) >= 11 is 0. The molecule has 2 N–H and O–H groups in total. The van der Waals surface area contributed by atoms with Gasteiger partial charge in [0.25, 0.3) is 0 Å². The van der Waals surface area contributed by atoms with Gasteiger partial charge >= 0.3 is 6.18 Å². The Bertz CT molecular complexity index is 620. The third kappa shape index (κ3) is 4.45. The van der Waals surface area contributed by atoms with E-state index in [1.807, 2.05) is 0 Å². The lowest BCUT2D eigenvalue weighted by atomic mass is 9.73. The molecule has 2 fully saturated rings. The summed E-state index contributed by atoms with van der Waals surface area (Å²) in [5, 5.41) is 6.62. The molecule has 0 bridgehead atoms. The number of nitrogens with one attached hydrogen (secondary N) is 2. The Hall–Kier alpha value is -1.76. The maximum Gasteiger partial charge on any atom is 0.416 e. The monoisotopic (exact) mass is 355 g/mol. The Labute approximate surface area is 145 Å². The average molecular weight is 355 g/mol. The van der Waals surface area contributed by atoms with Gasteiger partial charge in [-0.15, -0.1) is 0 Å². The fourth-order valence-corrected chi connectivity index (χ4v) is 3.22. The fraction of sp³-hybridized carbons (Fsp3) is 0.611. The van der Waals surface area contributed by atoms with E-state index in [9.17, 15) is 13.2 Å². The first-order chi connectivity index (χ1) is 11.9. The van der Waals surface area contributed by atoms with Crippen LogP contribution in [0.25, 0.3) is 0 Å². The van der Waals surface area contributed by atoms with Gasteiger partial charge in [-0.1, -0.05) is 18.2 Å². The summed E-state index contributed by atoms with van der Waals surface area (Å²) in [5.41, 5.74) is -0.280. The summed E-state index contributed by atoms with van der Waals surface area (Å²) < 4.78 is 44.8. The van der Waals surface area contributed by atoms with Crippen molar-refractivity contribution in [1.29, 1.82) is 0 Å². The number of halogens is 3. The van der Waals surface area contributed by atoms with Crippen molar-refractivity contribution >= 4 is 5.96 Å². The Kier molecular flexibility index (Phi) is 5.22. The van der Waals surface area contributed by atoms with E-state index in [0.717, 1.165) is 18.9 Å². The Morgan fingerprint density at radius 1 is 1.28 bits per heavy atom. The fourth-order valence-electron chi connectivity index (χ4n) is 3.22. The van der Waals surface area contributed by atoms with Crippen molar-refractivity contribution in [3.8, 4) is 0 Å². The smallest absolute Gasteiger partial charge is 0.381 e. The van der Waals surface area contributed by atoms with E-state index < -0.39 is 11.7 Å². The number of hydrogen-bond acceptors (Lipinski definition) is 2. The number of guanidine groups is 1. The molecule has 0 spiro atoms. The van der Waals surface area contributed by atoms with Crippen LogP contribution in [0.3, 0.4) is 0 Å². The van der Waals surface area contributed by atoms with Crippen molar-refractivity contribution in [2.45, 2.75) is 43.3 Å². The summed E-state index contributed by atoms with van der Waals surface area (Å²) in [4.78, 5) is 4.22. The molecule has 4 nitrogen and oxygen atoms in total. The molecule has 1 saturated carbocycles. The quantitative estimate of drug-likeness (QED) is 0.645. The van der Waals surface area contributed by atoms with Crippen molar-refractivity contribution in [3.63, 3.8) is 0 Å². The van der Waals surface area contributed by atoms with Gasteiger partial charge in [-0.05, 0) is 37.3 Å². The molecular formula is C18H24F3N3O. The highest BCUT2D eigenvalue weighted by molar-refractivity contribution is 5.80. The number of nitrogens with zero attached hydrogens (tertiary/aromatic N) is 1. The zero-order chi connectivity index (χ0) is 17.9. The molecule has 0 aromatic heterocycles.